The van der Waals surface area contributed by atoms with Crippen LogP contribution in [0.4, 0.5) is 0 Å². The van der Waals surface area contributed by atoms with Crippen molar-refractivity contribution in [3.63, 3.8) is 0 Å². The minimum Gasteiger partial charge on any atom is -0.419 e. The Morgan fingerprint density at radius 3 is 2.95 bits per heavy atom. The number of nitrogens with one attached hydrogen (secondary N) is 1. The lowest BCUT2D eigenvalue weighted by atomic mass is 10.2. The monoisotopic (exact) mass is 347 g/mol. The highest BCUT2D eigenvalue weighted by molar-refractivity contribution is 9.10. The molecule has 2 aromatic rings. The van der Waals surface area contributed by atoms with Gasteiger partial charge in [-0.05, 0) is 60.3 Å². The molecule has 0 fully saturated rings. The van der Waals surface area contributed by atoms with Crippen molar-refractivity contribution in [2.75, 3.05) is 6.54 Å². The predicted molar refractivity (Wildman–Crippen MR) is 85.7 cm³/mol. The van der Waals surface area contributed by atoms with Crippen molar-refractivity contribution in [3.8, 4) is 11.5 Å². The van der Waals surface area contributed by atoms with Gasteiger partial charge < -0.3 is 9.73 Å². The van der Waals surface area contributed by atoms with Gasteiger partial charge in [0, 0.05) is 4.47 Å². The van der Waals surface area contributed by atoms with E-state index in [0.717, 1.165) is 23.0 Å². The maximum atomic E-state index is 5.69. The second kappa shape index (κ2) is 7.00. The van der Waals surface area contributed by atoms with E-state index in [1.54, 1.807) is 5.57 Å². The number of halogens is 1. The van der Waals surface area contributed by atoms with Gasteiger partial charge >= 0.3 is 0 Å². The summed E-state index contributed by atoms with van der Waals surface area (Å²) in [6.07, 6.45) is 7.29. The van der Waals surface area contributed by atoms with E-state index in [4.69, 9.17) is 4.42 Å². The average molecular weight is 348 g/mol. The van der Waals surface area contributed by atoms with Crippen molar-refractivity contribution in [2.24, 2.45) is 0 Å². The van der Waals surface area contributed by atoms with Gasteiger partial charge in [0.05, 0.1) is 12.1 Å². The summed E-state index contributed by atoms with van der Waals surface area (Å²) in [5.41, 5.74) is 2.49. The zero-order valence-corrected chi connectivity index (χ0v) is 13.4. The fourth-order valence-electron chi connectivity index (χ4n) is 2.48. The molecule has 21 heavy (non-hydrogen) atoms. The summed E-state index contributed by atoms with van der Waals surface area (Å²) in [5, 5.41) is 11.6. The first-order valence-corrected chi connectivity index (χ1v) is 8.08. The van der Waals surface area contributed by atoms with Crippen molar-refractivity contribution in [3.05, 3.63) is 46.3 Å². The standard InChI is InChI=1S/C16H18BrN3O/c17-14-8-4-3-7-13(14)16-20-19-15(21-16)11-18-10-9-12-5-1-2-6-12/h3-5,7-8,18H,1-2,6,9-11H2. The van der Waals surface area contributed by atoms with Crippen molar-refractivity contribution in [1.29, 1.82) is 0 Å². The molecule has 1 aromatic carbocycles. The molecule has 5 heteroatoms. The SMILES string of the molecule is Brc1ccccc1-c1nnc(CNCCC2=CCCC2)o1. The van der Waals surface area contributed by atoms with E-state index in [-0.39, 0.29) is 0 Å². The second-order valence-electron chi connectivity index (χ2n) is 5.16. The van der Waals surface area contributed by atoms with Crippen LogP contribution in [-0.2, 0) is 6.54 Å². The molecule has 3 rings (SSSR count). The predicted octanol–water partition coefficient (Wildman–Crippen LogP) is 4.09. The Labute approximate surface area is 132 Å². The van der Waals surface area contributed by atoms with Crippen molar-refractivity contribution >= 4 is 15.9 Å². The van der Waals surface area contributed by atoms with E-state index < -0.39 is 0 Å². The summed E-state index contributed by atoms with van der Waals surface area (Å²) >= 11 is 3.49. The molecule has 0 bridgehead atoms. The minimum atomic E-state index is 0.553. The molecule has 0 radical (unpaired) electrons. The Hall–Kier alpha value is -1.46. The van der Waals surface area contributed by atoms with Crippen molar-refractivity contribution in [1.82, 2.24) is 15.5 Å². The van der Waals surface area contributed by atoms with Crippen molar-refractivity contribution in [2.45, 2.75) is 32.2 Å². The van der Waals surface area contributed by atoms with E-state index in [9.17, 15) is 0 Å². The molecule has 0 atom stereocenters. The summed E-state index contributed by atoms with van der Waals surface area (Å²) in [6.45, 7) is 1.57. The average Bonchev–Trinajstić information content (AvgIpc) is 3.16. The number of aromatic nitrogens is 2. The Kier molecular flexibility index (Phi) is 4.83. The lowest BCUT2D eigenvalue weighted by Gasteiger charge is -2.02. The molecule has 0 unspecified atom stereocenters. The number of benzene rings is 1. The van der Waals surface area contributed by atoms with E-state index in [2.05, 4.69) is 37.5 Å². The Bertz CT molecular complexity index is 636. The second-order valence-corrected chi connectivity index (χ2v) is 6.02. The van der Waals surface area contributed by atoms with Crippen LogP contribution >= 0.6 is 15.9 Å². The maximum Gasteiger partial charge on any atom is 0.248 e. The molecule has 1 aliphatic rings. The van der Waals surface area contributed by atoms with Crippen LogP contribution in [0, 0.1) is 0 Å². The first kappa shape index (κ1) is 14.5. The molecule has 0 amide bonds. The fourth-order valence-corrected chi connectivity index (χ4v) is 2.93. The molecule has 1 aliphatic carbocycles. The highest BCUT2D eigenvalue weighted by Crippen LogP contribution is 2.26. The molecule has 1 N–H and O–H groups in total. The zero-order valence-electron chi connectivity index (χ0n) is 11.8. The normalized spacial score (nSPS) is 14.4. The minimum absolute atomic E-state index is 0.553. The maximum absolute atomic E-state index is 5.69. The number of nitrogens with zero attached hydrogens (tertiary/aromatic N) is 2. The van der Waals surface area contributed by atoms with E-state index in [0.29, 0.717) is 18.3 Å². The van der Waals surface area contributed by atoms with Gasteiger partial charge in [0.15, 0.2) is 0 Å². The van der Waals surface area contributed by atoms with Crippen LogP contribution in [0.25, 0.3) is 11.5 Å². The molecule has 0 saturated heterocycles. The zero-order chi connectivity index (χ0) is 14.5. The van der Waals surface area contributed by atoms with Crippen LogP contribution in [0.15, 0.2) is 44.8 Å². The summed E-state index contributed by atoms with van der Waals surface area (Å²) in [7, 11) is 0. The van der Waals surface area contributed by atoms with E-state index >= 15 is 0 Å². The summed E-state index contributed by atoms with van der Waals surface area (Å²) in [4.78, 5) is 0. The molecule has 1 aromatic heterocycles. The largest absolute Gasteiger partial charge is 0.419 e. The number of rotatable bonds is 6. The van der Waals surface area contributed by atoms with Gasteiger partial charge in [0.25, 0.3) is 0 Å². The van der Waals surface area contributed by atoms with Gasteiger partial charge in [-0.3, -0.25) is 0 Å². The first-order chi connectivity index (χ1) is 10.3. The quantitative estimate of drug-likeness (QED) is 0.631. The number of hydrogen-bond acceptors (Lipinski definition) is 4. The Morgan fingerprint density at radius 2 is 2.14 bits per heavy atom. The van der Waals surface area contributed by atoms with Crippen LogP contribution < -0.4 is 5.32 Å². The molecular formula is C16H18BrN3O. The third-order valence-electron chi connectivity index (χ3n) is 3.61. The lowest BCUT2D eigenvalue weighted by molar-refractivity contribution is 0.478. The molecule has 0 spiro atoms. The highest BCUT2D eigenvalue weighted by atomic mass is 79.9. The Morgan fingerprint density at radius 1 is 1.24 bits per heavy atom. The summed E-state index contributed by atoms with van der Waals surface area (Å²) < 4.78 is 6.65. The highest BCUT2D eigenvalue weighted by Gasteiger charge is 2.11. The third kappa shape index (κ3) is 3.80. The van der Waals surface area contributed by atoms with Gasteiger partial charge in [-0.15, -0.1) is 10.2 Å². The fraction of sp³-hybridized carbons (Fsp3) is 0.375. The molecule has 0 aliphatic heterocycles. The molecular weight excluding hydrogens is 330 g/mol. The topological polar surface area (TPSA) is 51.0 Å². The van der Waals surface area contributed by atoms with Gasteiger partial charge in [-0.25, -0.2) is 0 Å². The number of allylic oxidation sites excluding steroid dienone is 1. The third-order valence-corrected chi connectivity index (χ3v) is 4.30. The van der Waals surface area contributed by atoms with Crippen LogP contribution in [0.3, 0.4) is 0 Å². The van der Waals surface area contributed by atoms with Crippen LogP contribution in [0.1, 0.15) is 31.6 Å². The van der Waals surface area contributed by atoms with E-state index in [1.165, 1.54) is 19.3 Å². The molecule has 0 saturated carbocycles. The molecule has 4 nitrogen and oxygen atoms in total. The lowest BCUT2D eigenvalue weighted by Crippen LogP contribution is -2.15. The van der Waals surface area contributed by atoms with Crippen LogP contribution in [0.2, 0.25) is 0 Å². The van der Waals surface area contributed by atoms with Crippen molar-refractivity contribution < 1.29 is 4.42 Å². The first-order valence-electron chi connectivity index (χ1n) is 7.29. The Balaban J connectivity index is 1.52. The number of hydrogen-bond donors (Lipinski definition) is 1. The van der Waals surface area contributed by atoms with E-state index in [1.807, 2.05) is 24.3 Å². The van der Waals surface area contributed by atoms with Crippen LogP contribution in [0.5, 0.6) is 0 Å². The van der Waals surface area contributed by atoms with Gasteiger partial charge in [-0.2, -0.15) is 0 Å². The smallest absolute Gasteiger partial charge is 0.248 e. The van der Waals surface area contributed by atoms with Crippen LogP contribution in [-0.4, -0.2) is 16.7 Å². The summed E-state index contributed by atoms with van der Waals surface area (Å²) in [6, 6.07) is 7.84. The molecule has 1 heterocycles. The van der Waals surface area contributed by atoms with Gasteiger partial charge in [0.1, 0.15) is 0 Å². The van der Waals surface area contributed by atoms with Gasteiger partial charge in [0.2, 0.25) is 11.8 Å². The van der Waals surface area contributed by atoms with Gasteiger partial charge in [-0.1, -0.05) is 23.8 Å². The molecule has 110 valence electrons. The summed E-state index contributed by atoms with van der Waals surface area (Å²) in [5.74, 6) is 1.18.